The van der Waals surface area contributed by atoms with Gasteiger partial charge in [-0.15, -0.1) is 0 Å². The lowest BCUT2D eigenvalue weighted by molar-refractivity contribution is -0.137. The average molecular weight is 356 g/mol. The summed E-state index contributed by atoms with van der Waals surface area (Å²) in [6.07, 6.45) is -0.458. The van der Waals surface area contributed by atoms with Crippen LogP contribution in [0.25, 0.3) is 0 Å². The Hall–Kier alpha value is -3.15. The van der Waals surface area contributed by atoms with Crippen LogP contribution in [-0.2, 0) is 12.6 Å². The molecule has 0 atom stereocenters. The summed E-state index contributed by atoms with van der Waals surface area (Å²) >= 11 is 0. The molecular weight excluding hydrogens is 341 g/mol. The number of nitrogens with one attached hydrogen (secondary N) is 1. The number of halogens is 3. The first-order valence-corrected chi connectivity index (χ1v) is 7.89. The van der Waals surface area contributed by atoms with Gasteiger partial charge in [-0.05, 0) is 53.9 Å². The van der Waals surface area contributed by atoms with E-state index < -0.39 is 23.2 Å². The third-order valence-electron chi connectivity index (χ3n) is 3.85. The number of benzene rings is 2. The van der Waals surface area contributed by atoms with E-state index in [1.807, 2.05) is 24.3 Å². The molecule has 1 amide bonds. The van der Waals surface area contributed by atoms with Crippen molar-refractivity contribution >= 4 is 11.6 Å². The fourth-order valence-corrected chi connectivity index (χ4v) is 2.57. The van der Waals surface area contributed by atoms with Crippen molar-refractivity contribution in [3.63, 3.8) is 0 Å². The minimum Gasteiger partial charge on any atom is -0.322 e. The Balaban J connectivity index is 1.73. The average Bonchev–Trinajstić information content (AvgIpc) is 2.63. The molecule has 3 nitrogen and oxygen atoms in total. The van der Waals surface area contributed by atoms with Gasteiger partial charge >= 0.3 is 6.18 Å². The predicted molar refractivity (Wildman–Crippen MR) is 92.9 cm³/mol. The summed E-state index contributed by atoms with van der Waals surface area (Å²) < 4.78 is 39.1. The van der Waals surface area contributed by atoms with Crippen LogP contribution in [0.1, 0.15) is 27.0 Å². The van der Waals surface area contributed by atoms with Crippen LogP contribution in [0.15, 0.2) is 73.1 Å². The van der Waals surface area contributed by atoms with Crippen molar-refractivity contribution < 1.29 is 18.0 Å². The van der Waals surface area contributed by atoms with Crippen LogP contribution in [-0.4, -0.2) is 10.9 Å². The molecule has 132 valence electrons. The molecule has 0 unspecified atom stereocenters. The van der Waals surface area contributed by atoms with Gasteiger partial charge < -0.3 is 5.32 Å². The highest BCUT2D eigenvalue weighted by Gasteiger charge is 2.34. The van der Waals surface area contributed by atoms with E-state index in [0.717, 1.165) is 23.3 Å². The van der Waals surface area contributed by atoms with E-state index in [4.69, 9.17) is 0 Å². The molecule has 2 aromatic carbocycles. The number of carbonyl (C=O) groups is 1. The molecule has 0 aliphatic rings. The Kier molecular flexibility index (Phi) is 5.02. The standard InChI is InChI=1S/C20H15F3N2O/c21-20(22,23)18-4-2-1-3-17(18)19(26)25-16-7-5-14(6-8-16)13-15-9-11-24-12-10-15/h1-12H,13H2,(H,25,26). The molecule has 6 heteroatoms. The molecule has 0 fully saturated rings. The Morgan fingerprint density at radius 1 is 0.885 bits per heavy atom. The fraction of sp³-hybridized carbons (Fsp3) is 0.100. The zero-order valence-electron chi connectivity index (χ0n) is 13.6. The molecule has 3 aromatic rings. The first-order valence-electron chi connectivity index (χ1n) is 7.89. The van der Waals surface area contributed by atoms with Gasteiger partial charge in [-0.25, -0.2) is 0 Å². The lowest BCUT2D eigenvalue weighted by atomic mass is 10.0. The number of alkyl halides is 3. The number of carbonyl (C=O) groups excluding carboxylic acids is 1. The third-order valence-corrected chi connectivity index (χ3v) is 3.85. The van der Waals surface area contributed by atoms with Crippen molar-refractivity contribution in [1.82, 2.24) is 4.98 Å². The molecule has 0 radical (unpaired) electrons. The van der Waals surface area contributed by atoms with E-state index in [2.05, 4.69) is 10.3 Å². The third kappa shape index (κ3) is 4.27. The number of hydrogen-bond acceptors (Lipinski definition) is 2. The number of amides is 1. The highest BCUT2D eigenvalue weighted by Crippen LogP contribution is 2.32. The largest absolute Gasteiger partial charge is 0.417 e. The van der Waals surface area contributed by atoms with Crippen molar-refractivity contribution in [2.75, 3.05) is 5.32 Å². The van der Waals surface area contributed by atoms with Crippen LogP contribution in [0.5, 0.6) is 0 Å². The summed E-state index contributed by atoms with van der Waals surface area (Å²) in [6, 6.07) is 15.5. The second kappa shape index (κ2) is 7.39. The maximum absolute atomic E-state index is 13.0. The van der Waals surface area contributed by atoms with Gasteiger partial charge in [0.1, 0.15) is 0 Å². The van der Waals surface area contributed by atoms with Gasteiger partial charge in [0.2, 0.25) is 0 Å². The van der Waals surface area contributed by atoms with Gasteiger partial charge in [-0.3, -0.25) is 9.78 Å². The summed E-state index contributed by atoms with van der Waals surface area (Å²) in [5.41, 5.74) is 1.19. The van der Waals surface area contributed by atoms with Gasteiger partial charge in [-0.1, -0.05) is 24.3 Å². The molecule has 1 N–H and O–H groups in total. The zero-order valence-corrected chi connectivity index (χ0v) is 13.6. The quantitative estimate of drug-likeness (QED) is 0.719. The van der Waals surface area contributed by atoms with Crippen molar-refractivity contribution in [2.45, 2.75) is 12.6 Å². The van der Waals surface area contributed by atoms with E-state index in [-0.39, 0.29) is 0 Å². The molecule has 0 saturated carbocycles. The maximum atomic E-state index is 13.0. The second-order valence-electron chi connectivity index (χ2n) is 5.73. The fourth-order valence-electron chi connectivity index (χ4n) is 2.57. The van der Waals surface area contributed by atoms with Crippen LogP contribution in [0, 0.1) is 0 Å². The van der Waals surface area contributed by atoms with Gasteiger partial charge in [0.25, 0.3) is 5.91 Å². The molecule has 0 saturated heterocycles. The van der Waals surface area contributed by atoms with Crippen LogP contribution in [0.3, 0.4) is 0 Å². The molecule has 1 heterocycles. The highest BCUT2D eigenvalue weighted by molar-refractivity contribution is 6.05. The molecular formula is C20H15F3N2O. The van der Waals surface area contributed by atoms with Crippen LogP contribution < -0.4 is 5.32 Å². The first kappa shape index (κ1) is 17.7. The lowest BCUT2D eigenvalue weighted by Gasteiger charge is -2.13. The summed E-state index contributed by atoms with van der Waals surface area (Å²) in [4.78, 5) is 16.2. The van der Waals surface area contributed by atoms with Crippen LogP contribution in [0.2, 0.25) is 0 Å². The Bertz CT molecular complexity index is 891. The van der Waals surface area contributed by atoms with Gasteiger partial charge in [-0.2, -0.15) is 13.2 Å². The van der Waals surface area contributed by atoms with Gasteiger partial charge in [0, 0.05) is 18.1 Å². The van der Waals surface area contributed by atoms with E-state index >= 15 is 0 Å². The molecule has 0 bridgehead atoms. The molecule has 0 aliphatic heterocycles. The molecule has 26 heavy (non-hydrogen) atoms. The summed E-state index contributed by atoms with van der Waals surface area (Å²) in [7, 11) is 0. The van der Waals surface area contributed by atoms with Crippen LogP contribution >= 0.6 is 0 Å². The molecule has 3 rings (SSSR count). The number of nitrogens with zero attached hydrogens (tertiary/aromatic N) is 1. The molecule has 0 spiro atoms. The topological polar surface area (TPSA) is 42.0 Å². The van der Waals surface area contributed by atoms with Crippen LogP contribution in [0.4, 0.5) is 18.9 Å². The second-order valence-corrected chi connectivity index (χ2v) is 5.73. The smallest absolute Gasteiger partial charge is 0.322 e. The Morgan fingerprint density at radius 2 is 1.50 bits per heavy atom. The SMILES string of the molecule is O=C(Nc1ccc(Cc2ccncc2)cc1)c1ccccc1C(F)(F)F. The Morgan fingerprint density at radius 3 is 2.15 bits per heavy atom. The van der Waals surface area contributed by atoms with E-state index in [1.54, 1.807) is 24.5 Å². The van der Waals surface area contributed by atoms with E-state index in [0.29, 0.717) is 12.1 Å². The van der Waals surface area contributed by atoms with Crippen molar-refractivity contribution in [2.24, 2.45) is 0 Å². The minimum atomic E-state index is -4.58. The van der Waals surface area contributed by atoms with Gasteiger partial charge in [0.15, 0.2) is 0 Å². The first-order chi connectivity index (χ1) is 12.4. The monoisotopic (exact) mass is 356 g/mol. The molecule has 1 aromatic heterocycles. The number of aromatic nitrogens is 1. The van der Waals surface area contributed by atoms with Crippen molar-refractivity contribution in [3.8, 4) is 0 Å². The number of pyridine rings is 1. The highest BCUT2D eigenvalue weighted by atomic mass is 19.4. The zero-order chi connectivity index (χ0) is 18.6. The van der Waals surface area contributed by atoms with E-state index in [9.17, 15) is 18.0 Å². The molecule has 0 aliphatic carbocycles. The summed E-state index contributed by atoms with van der Waals surface area (Å²) in [6.45, 7) is 0. The Labute approximate surface area is 148 Å². The maximum Gasteiger partial charge on any atom is 0.417 e. The summed E-state index contributed by atoms with van der Waals surface area (Å²) in [5.74, 6) is -0.792. The van der Waals surface area contributed by atoms with Crippen molar-refractivity contribution in [1.29, 1.82) is 0 Å². The van der Waals surface area contributed by atoms with E-state index in [1.165, 1.54) is 12.1 Å². The minimum absolute atomic E-state index is 0.402. The number of rotatable bonds is 4. The normalized spacial score (nSPS) is 11.2. The summed E-state index contributed by atoms with van der Waals surface area (Å²) in [5, 5.41) is 2.51. The lowest BCUT2D eigenvalue weighted by Crippen LogP contribution is -2.18. The number of hydrogen-bond donors (Lipinski definition) is 1. The van der Waals surface area contributed by atoms with Gasteiger partial charge in [0.05, 0.1) is 11.1 Å². The number of anilines is 1. The predicted octanol–water partition coefficient (Wildman–Crippen LogP) is 4.94. The van der Waals surface area contributed by atoms with Crippen molar-refractivity contribution in [3.05, 3.63) is 95.3 Å².